The molecule has 0 saturated heterocycles. The van der Waals surface area contributed by atoms with Crippen LogP contribution in [0.4, 0.5) is 15.5 Å². The van der Waals surface area contributed by atoms with E-state index in [9.17, 15) is 18.0 Å². The van der Waals surface area contributed by atoms with Gasteiger partial charge in [-0.05, 0) is 32.9 Å². The molecule has 30 heavy (non-hydrogen) atoms. The maximum atomic E-state index is 12.9. The molecule has 0 aliphatic rings. The Morgan fingerprint density at radius 1 is 1.13 bits per heavy atom. The minimum atomic E-state index is -4.46. The lowest BCUT2D eigenvalue weighted by Crippen LogP contribution is -2.35. The maximum absolute atomic E-state index is 12.9. The van der Waals surface area contributed by atoms with Crippen molar-refractivity contribution < 1.29 is 27.5 Å². The predicted octanol–water partition coefficient (Wildman–Crippen LogP) is 2.62. The number of hydrogen-bond donors (Lipinski definition) is 3. The van der Waals surface area contributed by atoms with Gasteiger partial charge in [-0.1, -0.05) is 18.2 Å². The fourth-order valence-corrected chi connectivity index (χ4v) is 3.94. The van der Waals surface area contributed by atoms with Gasteiger partial charge in [0.25, 0.3) is 10.0 Å². The Morgan fingerprint density at radius 2 is 1.80 bits per heavy atom. The fraction of sp³-hybridized carbons (Fsp3) is 0.222. The second kappa shape index (κ2) is 8.37. The number of fused-ring (bicyclic) bond motifs is 1. The molecular formula is C18H19N5O6S. The standard InChI is InChI=1S/C18H19N5O6S/c1-4-28-18(25)29-15-14(12-7-5-6-8-13(12)21-15)30(26,27)23-17(24)22-16-19-10(2)9-11(3)20-16/h5-9,21H,4H2,1-3H3,(H2,19,20,22,23,24). The summed E-state index contributed by atoms with van der Waals surface area (Å²) in [5.74, 6) is -0.431. The van der Waals surface area contributed by atoms with Gasteiger partial charge >= 0.3 is 12.2 Å². The van der Waals surface area contributed by atoms with Gasteiger partial charge in [-0.15, -0.1) is 0 Å². The van der Waals surface area contributed by atoms with E-state index in [4.69, 9.17) is 9.47 Å². The van der Waals surface area contributed by atoms with Crippen molar-refractivity contribution in [3.63, 3.8) is 0 Å². The van der Waals surface area contributed by atoms with E-state index in [0.29, 0.717) is 16.9 Å². The molecule has 12 heteroatoms. The zero-order valence-corrected chi connectivity index (χ0v) is 17.2. The second-order valence-corrected chi connectivity index (χ2v) is 7.77. The summed E-state index contributed by atoms with van der Waals surface area (Å²) < 4.78 is 37.4. The molecule has 1 aromatic carbocycles. The predicted molar refractivity (Wildman–Crippen MR) is 107 cm³/mol. The van der Waals surface area contributed by atoms with Crippen molar-refractivity contribution in [1.82, 2.24) is 19.7 Å². The molecule has 0 bridgehead atoms. The SMILES string of the molecule is CCOC(=O)Oc1[nH]c2ccccc2c1S(=O)(=O)NC(=O)Nc1nc(C)cc(C)n1. The number of carbonyl (C=O) groups excluding carboxylic acids is 2. The molecule has 2 amide bonds. The van der Waals surface area contributed by atoms with Gasteiger partial charge in [0.05, 0.1) is 6.61 Å². The summed E-state index contributed by atoms with van der Waals surface area (Å²) in [7, 11) is -4.46. The van der Waals surface area contributed by atoms with Crippen LogP contribution >= 0.6 is 0 Å². The number of nitrogens with one attached hydrogen (secondary N) is 3. The Morgan fingerprint density at radius 3 is 2.47 bits per heavy atom. The van der Waals surface area contributed by atoms with E-state index < -0.39 is 27.1 Å². The molecule has 3 rings (SSSR count). The van der Waals surface area contributed by atoms with Crippen molar-refractivity contribution in [1.29, 1.82) is 0 Å². The van der Waals surface area contributed by atoms with Crippen molar-refractivity contribution in [3.05, 3.63) is 41.7 Å². The zero-order chi connectivity index (χ0) is 21.9. The summed E-state index contributed by atoms with van der Waals surface area (Å²) in [4.78, 5) is 34.3. The number of hydrogen-bond acceptors (Lipinski definition) is 8. The Hall–Kier alpha value is -3.67. The highest BCUT2D eigenvalue weighted by molar-refractivity contribution is 7.90. The third-order valence-corrected chi connectivity index (χ3v) is 5.17. The number of nitrogens with zero attached hydrogens (tertiary/aromatic N) is 2. The van der Waals surface area contributed by atoms with E-state index in [1.165, 1.54) is 6.07 Å². The number of aryl methyl sites for hydroxylation is 2. The molecule has 0 fully saturated rings. The van der Waals surface area contributed by atoms with Crippen LogP contribution in [0, 0.1) is 13.8 Å². The van der Waals surface area contributed by atoms with E-state index in [1.807, 2.05) is 4.72 Å². The average Bonchev–Trinajstić information content (AvgIpc) is 2.98. The first-order valence-corrected chi connectivity index (χ1v) is 10.3. The van der Waals surface area contributed by atoms with E-state index in [0.717, 1.165) is 0 Å². The molecule has 11 nitrogen and oxygen atoms in total. The molecule has 0 saturated carbocycles. The molecule has 0 spiro atoms. The average molecular weight is 433 g/mol. The van der Waals surface area contributed by atoms with Crippen LogP contribution < -0.4 is 14.8 Å². The van der Waals surface area contributed by atoms with Gasteiger partial charge in [-0.2, -0.15) is 0 Å². The minimum Gasteiger partial charge on any atom is -0.434 e. The van der Waals surface area contributed by atoms with Gasteiger partial charge in [0.1, 0.15) is 0 Å². The van der Waals surface area contributed by atoms with Gasteiger partial charge < -0.3 is 14.5 Å². The van der Waals surface area contributed by atoms with Crippen LogP contribution in [0.25, 0.3) is 10.9 Å². The van der Waals surface area contributed by atoms with Crippen molar-refractivity contribution >= 4 is 39.1 Å². The number of urea groups is 1. The van der Waals surface area contributed by atoms with Crippen molar-refractivity contribution in [2.75, 3.05) is 11.9 Å². The van der Waals surface area contributed by atoms with Crippen molar-refractivity contribution in [2.45, 2.75) is 25.7 Å². The van der Waals surface area contributed by atoms with Crippen LogP contribution in [-0.2, 0) is 14.8 Å². The number of para-hydroxylation sites is 1. The second-order valence-electron chi connectivity index (χ2n) is 6.15. The Balaban J connectivity index is 1.92. The lowest BCUT2D eigenvalue weighted by Gasteiger charge is -2.10. The van der Waals surface area contributed by atoms with Crippen LogP contribution in [-0.4, -0.2) is 42.2 Å². The Kier molecular flexibility index (Phi) is 5.87. The van der Waals surface area contributed by atoms with Gasteiger partial charge in [0, 0.05) is 22.3 Å². The number of aromatic nitrogens is 3. The summed E-state index contributed by atoms with van der Waals surface area (Å²) in [6.45, 7) is 5.03. The number of anilines is 1. The number of carbonyl (C=O) groups is 2. The highest BCUT2D eigenvalue weighted by Crippen LogP contribution is 2.32. The summed E-state index contributed by atoms with van der Waals surface area (Å²) in [5.41, 5.74) is 1.58. The molecular weight excluding hydrogens is 414 g/mol. The molecule has 0 unspecified atom stereocenters. The van der Waals surface area contributed by atoms with Crippen LogP contribution in [0.3, 0.4) is 0 Å². The van der Waals surface area contributed by atoms with Crippen molar-refractivity contribution in [2.24, 2.45) is 0 Å². The third-order valence-electron chi connectivity index (χ3n) is 3.78. The van der Waals surface area contributed by atoms with Gasteiger partial charge in [-0.25, -0.2) is 32.7 Å². The topological polar surface area (TPSA) is 152 Å². The first kappa shape index (κ1) is 21.0. The minimum absolute atomic E-state index is 0.0394. The molecule has 0 atom stereocenters. The summed E-state index contributed by atoms with van der Waals surface area (Å²) >= 11 is 0. The zero-order valence-electron chi connectivity index (χ0n) is 16.3. The number of benzene rings is 1. The van der Waals surface area contributed by atoms with Crippen LogP contribution in [0.1, 0.15) is 18.3 Å². The Labute approximate surface area is 171 Å². The van der Waals surface area contributed by atoms with Crippen molar-refractivity contribution in [3.8, 4) is 5.88 Å². The van der Waals surface area contributed by atoms with Crippen LogP contribution in [0.2, 0.25) is 0 Å². The number of aromatic amines is 1. The van der Waals surface area contributed by atoms with Crippen LogP contribution in [0.5, 0.6) is 5.88 Å². The summed E-state index contributed by atoms with van der Waals surface area (Å²) in [6, 6.07) is 6.99. The van der Waals surface area contributed by atoms with Gasteiger partial charge in [-0.3, -0.25) is 5.32 Å². The number of amides is 2. The molecule has 3 N–H and O–H groups in total. The van der Waals surface area contributed by atoms with E-state index >= 15 is 0 Å². The molecule has 2 heterocycles. The molecule has 0 aliphatic heterocycles. The smallest absolute Gasteiger partial charge is 0.434 e. The van der Waals surface area contributed by atoms with Gasteiger partial charge in [0.2, 0.25) is 11.8 Å². The normalized spacial score (nSPS) is 11.2. The van der Waals surface area contributed by atoms with Gasteiger partial charge in [0.15, 0.2) is 4.90 Å². The lowest BCUT2D eigenvalue weighted by molar-refractivity contribution is 0.102. The van der Waals surface area contributed by atoms with Crippen LogP contribution in [0.15, 0.2) is 35.2 Å². The molecule has 2 aromatic heterocycles. The monoisotopic (exact) mass is 433 g/mol. The lowest BCUT2D eigenvalue weighted by atomic mass is 10.2. The number of ether oxygens (including phenoxy) is 2. The third kappa shape index (κ3) is 4.66. The molecule has 0 aliphatic carbocycles. The van der Waals surface area contributed by atoms with E-state index in [2.05, 4.69) is 20.3 Å². The number of sulfonamides is 1. The summed E-state index contributed by atoms with van der Waals surface area (Å²) in [6.07, 6.45) is -1.09. The highest BCUT2D eigenvalue weighted by atomic mass is 32.2. The van der Waals surface area contributed by atoms with E-state index in [1.54, 1.807) is 45.0 Å². The summed E-state index contributed by atoms with van der Waals surface area (Å²) in [5, 5.41) is 2.50. The first-order chi connectivity index (χ1) is 14.2. The number of H-pyrrole nitrogens is 1. The highest BCUT2D eigenvalue weighted by Gasteiger charge is 2.29. The molecule has 3 aromatic rings. The quantitative estimate of drug-likeness (QED) is 0.519. The molecule has 158 valence electrons. The number of rotatable bonds is 5. The Bertz CT molecular complexity index is 1200. The van der Waals surface area contributed by atoms with E-state index in [-0.39, 0.29) is 23.8 Å². The molecule has 0 radical (unpaired) electrons. The first-order valence-electron chi connectivity index (χ1n) is 8.81. The largest absolute Gasteiger partial charge is 0.515 e. The maximum Gasteiger partial charge on any atom is 0.515 e. The fourth-order valence-electron chi connectivity index (χ4n) is 2.74.